The molecule has 0 radical (unpaired) electrons. The van der Waals surface area contributed by atoms with Gasteiger partial charge in [-0.05, 0) is 12.1 Å². The number of fused-ring (bicyclic) bond motifs is 2. The molecule has 2 N–H and O–H groups in total. The van der Waals surface area contributed by atoms with E-state index in [0.717, 1.165) is 11.4 Å². The molecule has 1 amide bonds. The predicted molar refractivity (Wildman–Crippen MR) is 66.9 cm³/mol. The van der Waals surface area contributed by atoms with Gasteiger partial charge in [-0.1, -0.05) is 23.7 Å². The number of halogens is 1. The molecule has 4 nitrogen and oxygen atoms in total. The van der Waals surface area contributed by atoms with Gasteiger partial charge in [0, 0.05) is 6.07 Å². The summed E-state index contributed by atoms with van der Waals surface area (Å²) in [7, 11) is 0. The maximum absolute atomic E-state index is 11.9. The lowest BCUT2D eigenvalue weighted by molar-refractivity contribution is 0.102. The topological polar surface area (TPSA) is 54.0 Å². The van der Waals surface area contributed by atoms with Crippen molar-refractivity contribution in [2.24, 2.45) is 0 Å². The van der Waals surface area contributed by atoms with Crippen molar-refractivity contribution in [3.8, 4) is 0 Å². The zero-order valence-corrected chi connectivity index (χ0v) is 9.45. The highest BCUT2D eigenvalue weighted by Crippen LogP contribution is 2.32. The molecule has 0 aliphatic carbocycles. The molecule has 0 fully saturated rings. The van der Waals surface area contributed by atoms with E-state index in [4.69, 9.17) is 11.6 Å². The van der Waals surface area contributed by atoms with Crippen LogP contribution in [0.3, 0.4) is 0 Å². The van der Waals surface area contributed by atoms with Crippen molar-refractivity contribution in [3.63, 3.8) is 0 Å². The number of nitrogens with one attached hydrogen (secondary N) is 2. The second kappa shape index (κ2) is 3.75. The van der Waals surface area contributed by atoms with Gasteiger partial charge >= 0.3 is 0 Å². The molecule has 0 saturated heterocycles. The van der Waals surface area contributed by atoms with E-state index in [2.05, 4.69) is 15.6 Å². The van der Waals surface area contributed by atoms with Crippen LogP contribution in [-0.4, -0.2) is 10.9 Å². The Morgan fingerprint density at radius 1 is 1.06 bits per heavy atom. The van der Waals surface area contributed by atoms with E-state index >= 15 is 0 Å². The molecule has 84 valence electrons. The molecule has 1 aromatic heterocycles. The van der Waals surface area contributed by atoms with Crippen LogP contribution < -0.4 is 10.6 Å². The number of carbonyl (C=O) groups excluding carboxylic acids is 1. The monoisotopic (exact) mass is 245 g/mol. The zero-order valence-electron chi connectivity index (χ0n) is 8.70. The van der Waals surface area contributed by atoms with Gasteiger partial charge in [-0.2, -0.15) is 0 Å². The Morgan fingerprint density at radius 3 is 2.76 bits per heavy atom. The van der Waals surface area contributed by atoms with Gasteiger partial charge < -0.3 is 10.6 Å². The first-order valence-electron chi connectivity index (χ1n) is 5.07. The van der Waals surface area contributed by atoms with Crippen LogP contribution in [0.5, 0.6) is 0 Å². The molecule has 0 unspecified atom stereocenters. The lowest BCUT2D eigenvalue weighted by Crippen LogP contribution is -2.10. The average molecular weight is 246 g/mol. The maximum Gasteiger partial charge on any atom is 0.257 e. The van der Waals surface area contributed by atoms with Crippen molar-refractivity contribution >= 4 is 34.6 Å². The van der Waals surface area contributed by atoms with Crippen LogP contribution in [0.25, 0.3) is 0 Å². The van der Waals surface area contributed by atoms with Gasteiger partial charge in [0.05, 0.1) is 28.8 Å². The first kappa shape index (κ1) is 10.1. The van der Waals surface area contributed by atoms with Crippen LogP contribution in [-0.2, 0) is 0 Å². The second-order valence-electron chi connectivity index (χ2n) is 3.68. The highest BCUT2D eigenvalue weighted by molar-refractivity contribution is 6.30. The fourth-order valence-electron chi connectivity index (χ4n) is 1.76. The third kappa shape index (κ3) is 1.72. The zero-order chi connectivity index (χ0) is 11.8. The van der Waals surface area contributed by atoms with Crippen LogP contribution in [0.2, 0.25) is 5.15 Å². The Bertz CT molecular complexity index is 612. The van der Waals surface area contributed by atoms with E-state index in [0.29, 0.717) is 16.4 Å². The number of para-hydroxylation sites is 1. The summed E-state index contributed by atoms with van der Waals surface area (Å²) in [4.78, 5) is 15.9. The number of pyridine rings is 1. The number of carbonyl (C=O) groups is 1. The van der Waals surface area contributed by atoms with E-state index in [1.807, 2.05) is 18.2 Å². The van der Waals surface area contributed by atoms with Crippen LogP contribution in [0.4, 0.5) is 17.1 Å². The standard InChI is InChI=1S/C12H8ClN3O/c13-11-5-9-10(6-14-11)16-12(17)7-3-1-2-4-8(7)15-9/h1-6,15H,(H,16,17). The first-order valence-corrected chi connectivity index (χ1v) is 5.45. The minimum absolute atomic E-state index is 0.157. The molecule has 1 aliphatic heterocycles. The van der Waals surface area contributed by atoms with Gasteiger partial charge in [0.15, 0.2) is 0 Å². The molecule has 2 aromatic rings. The lowest BCUT2D eigenvalue weighted by atomic mass is 10.1. The van der Waals surface area contributed by atoms with Gasteiger partial charge in [0.1, 0.15) is 5.15 Å². The minimum atomic E-state index is -0.157. The molecule has 5 heteroatoms. The van der Waals surface area contributed by atoms with Gasteiger partial charge in [-0.15, -0.1) is 0 Å². The molecule has 17 heavy (non-hydrogen) atoms. The van der Waals surface area contributed by atoms with E-state index in [-0.39, 0.29) is 5.91 Å². The molecule has 0 saturated carbocycles. The van der Waals surface area contributed by atoms with Gasteiger partial charge in [-0.3, -0.25) is 4.79 Å². The van der Waals surface area contributed by atoms with Crippen molar-refractivity contribution in [2.75, 3.05) is 10.6 Å². The Morgan fingerprint density at radius 2 is 1.88 bits per heavy atom. The quantitative estimate of drug-likeness (QED) is 0.702. The summed E-state index contributed by atoms with van der Waals surface area (Å²) >= 11 is 5.83. The summed E-state index contributed by atoms with van der Waals surface area (Å²) in [6.45, 7) is 0. The number of rotatable bonds is 0. The number of hydrogen-bond acceptors (Lipinski definition) is 3. The van der Waals surface area contributed by atoms with Crippen molar-refractivity contribution < 1.29 is 4.79 Å². The van der Waals surface area contributed by atoms with Crippen LogP contribution in [0.15, 0.2) is 36.5 Å². The van der Waals surface area contributed by atoms with Gasteiger partial charge in [0.25, 0.3) is 5.91 Å². The van der Waals surface area contributed by atoms with E-state index in [1.54, 1.807) is 12.1 Å². The minimum Gasteiger partial charge on any atom is -0.353 e. The van der Waals surface area contributed by atoms with Crippen LogP contribution >= 0.6 is 11.6 Å². The van der Waals surface area contributed by atoms with Crippen molar-refractivity contribution in [1.82, 2.24) is 4.98 Å². The molecule has 1 aromatic carbocycles. The van der Waals surface area contributed by atoms with Crippen LogP contribution in [0, 0.1) is 0 Å². The third-order valence-electron chi connectivity index (χ3n) is 2.56. The van der Waals surface area contributed by atoms with Crippen molar-refractivity contribution in [3.05, 3.63) is 47.2 Å². The molecule has 0 bridgehead atoms. The number of benzene rings is 1. The number of anilines is 3. The Balaban J connectivity index is 2.18. The Labute approximate surface area is 103 Å². The fourth-order valence-corrected chi connectivity index (χ4v) is 1.92. The number of aromatic nitrogens is 1. The largest absolute Gasteiger partial charge is 0.353 e. The molecule has 1 aliphatic rings. The second-order valence-corrected chi connectivity index (χ2v) is 4.06. The highest BCUT2D eigenvalue weighted by atomic mass is 35.5. The molecule has 0 spiro atoms. The number of amides is 1. The van der Waals surface area contributed by atoms with E-state index in [1.165, 1.54) is 6.20 Å². The smallest absolute Gasteiger partial charge is 0.257 e. The highest BCUT2D eigenvalue weighted by Gasteiger charge is 2.18. The summed E-state index contributed by atoms with van der Waals surface area (Å²) < 4.78 is 0. The van der Waals surface area contributed by atoms with E-state index < -0.39 is 0 Å². The normalized spacial score (nSPS) is 12.9. The van der Waals surface area contributed by atoms with Crippen molar-refractivity contribution in [1.29, 1.82) is 0 Å². The summed E-state index contributed by atoms with van der Waals surface area (Å²) in [6, 6.07) is 8.98. The SMILES string of the molecule is O=C1Nc2cnc(Cl)cc2Nc2ccccc21. The van der Waals surface area contributed by atoms with Gasteiger partial charge in [-0.25, -0.2) is 4.98 Å². The maximum atomic E-state index is 11.9. The van der Waals surface area contributed by atoms with E-state index in [9.17, 15) is 4.79 Å². The summed E-state index contributed by atoms with van der Waals surface area (Å²) in [5.74, 6) is -0.157. The summed E-state index contributed by atoms with van der Waals surface area (Å²) in [5.41, 5.74) is 2.71. The number of nitrogens with zero attached hydrogens (tertiary/aromatic N) is 1. The predicted octanol–water partition coefficient (Wildman–Crippen LogP) is 3.04. The fraction of sp³-hybridized carbons (Fsp3) is 0. The molecule has 0 atom stereocenters. The Kier molecular flexibility index (Phi) is 2.23. The van der Waals surface area contributed by atoms with Crippen molar-refractivity contribution in [2.45, 2.75) is 0 Å². The lowest BCUT2D eigenvalue weighted by Gasteiger charge is -2.07. The summed E-state index contributed by atoms with van der Waals surface area (Å²) in [6.07, 6.45) is 1.54. The van der Waals surface area contributed by atoms with Crippen LogP contribution in [0.1, 0.15) is 10.4 Å². The van der Waals surface area contributed by atoms with Gasteiger partial charge in [0.2, 0.25) is 0 Å². The molecular weight excluding hydrogens is 238 g/mol. The number of hydrogen-bond donors (Lipinski definition) is 2. The first-order chi connectivity index (χ1) is 8.24. The molecule has 3 rings (SSSR count). The molecular formula is C12H8ClN3O. The Hall–Kier alpha value is -2.07. The third-order valence-corrected chi connectivity index (χ3v) is 2.77. The molecule has 2 heterocycles. The summed E-state index contributed by atoms with van der Waals surface area (Å²) in [5, 5.41) is 6.33. The average Bonchev–Trinajstić information content (AvgIpc) is 2.46.